The second-order valence-corrected chi connectivity index (χ2v) is 3.56. The zero-order chi connectivity index (χ0) is 11.4. The second-order valence-electron chi connectivity index (χ2n) is 3.56. The highest BCUT2D eigenvalue weighted by atomic mass is 16.3. The Morgan fingerprint density at radius 1 is 1.31 bits per heavy atom. The molecule has 0 saturated heterocycles. The maximum Gasteiger partial charge on any atom is 0.120 e. The third-order valence-electron chi connectivity index (χ3n) is 2.33. The lowest BCUT2D eigenvalue weighted by Gasteiger charge is -2.07. The first-order valence-electron chi connectivity index (χ1n) is 5.04. The SMILES string of the molecule is Cc1ccc(NCc2ccncn2)cc1O. The van der Waals surface area contributed by atoms with E-state index in [0.29, 0.717) is 12.3 Å². The number of hydrogen-bond donors (Lipinski definition) is 2. The summed E-state index contributed by atoms with van der Waals surface area (Å²) in [5.41, 5.74) is 2.66. The van der Waals surface area contributed by atoms with Crippen LogP contribution in [0.2, 0.25) is 0 Å². The van der Waals surface area contributed by atoms with Crippen molar-refractivity contribution in [2.75, 3.05) is 5.32 Å². The Hall–Kier alpha value is -2.10. The molecule has 0 amide bonds. The number of phenolic OH excluding ortho intramolecular Hbond substituents is 1. The molecule has 0 aliphatic rings. The van der Waals surface area contributed by atoms with E-state index in [4.69, 9.17) is 0 Å². The van der Waals surface area contributed by atoms with Crippen LogP contribution in [0.4, 0.5) is 5.69 Å². The number of phenols is 1. The van der Waals surface area contributed by atoms with Crippen LogP contribution in [0, 0.1) is 6.92 Å². The van der Waals surface area contributed by atoms with E-state index in [2.05, 4.69) is 15.3 Å². The minimum absolute atomic E-state index is 0.299. The molecule has 2 aromatic rings. The Kier molecular flexibility index (Phi) is 3.00. The average molecular weight is 215 g/mol. The van der Waals surface area contributed by atoms with E-state index >= 15 is 0 Å². The first-order valence-corrected chi connectivity index (χ1v) is 5.04. The summed E-state index contributed by atoms with van der Waals surface area (Å²) in [6.45, 7) is 2.48. The fourth-order valence-electron chi connectivity index (χ4n) is 1.33. The fourth-order valence-corrected chi connectivity index (χ4v) is 1.33. The van der Waals surface area contributed by atoms with Crippen LogP contribution in [0.25, 0.3) is 0 Å². The van der Waals surface area contributed by atoms with Crippen molar-refractivity contribution in [3.63, 3.8) is 0 Å². The Morgan fingerprint density at radius 3 is 2.88 bits per heavy atom. The molecule has 1 heterocycles. The molecule has 0 aliphatic carbocycles. The number of aryl methyl sites for hydroxylation is 1. The van der Waals surface area contributed by atoms with E-state index in [1.54, 1.807) is 12.3 Å². The van der Waals surface area contributed by atoms with E-state index < -0.39 is 0 Å². The molecule has 0 saturated carbocycles. The van der Waals surface area contributed by atoms with Gasteiger partial charge in [0.15, 0.2) is 0 Å². The van der Waals surface area contributed by atoms with Crippen LogP contribution < -0.4 is 5.32 Å². The molecule has 0 atom stereocenters. The number of nitrogens with zero attached hydrogens (tertiary/aromatic N) is 2. The standard InChI is InChI=1S/C12H13N3O/c1-9-2-3-10(6-12(9)16)14-7-11-4-5-13-8-15-11/h2-6,8,14,16H,7H2,1H3. The summed E-state index contributed by atoms with van der Waals surface area (Å²) in [5.74, 6) is 0.299. The first kappa shape index (κ1) is 10.4. The minimum Gasteiger partial charge on any atom is -0.508 e. The van der Waals surface area contributed by atoms with Crippen molar-refractivity contribution in [1.82, 2.24) is 9.97 Å². The van der Waals surface area contributed by atoms with Crippen LogP contribution in [-0.2, 0) is 6.54 Å². The van der Waals surface area contributed by atoms with Gasteiger partial charge in [-0.25, -0.2) is 9.97 Å². The summed E-state index contributed by atoms with van der Waals surface area (Å²) < 4.78 is 0. The van der Waals surface area contributed by atoms with Crippen molar-refractivity contribution in [3.8, 4) is 5.75 Å². The van der Waals surface area contributed by atoms with Gasteiger partial charge in [0.1, 0.15) is 12.1 Å². The van der Waals surface area contributed by atoms with Gasteiger partial charge in [0.25, 0.3) is 0 Å². The summed E-state index contributed by atoms with van der Waals surface area (Å²) >= 11 is 0. The summed E-state index contributed by atoms with van der Waals surface area (Å²) in [6.07, 6.45) is 3.22. The van der Waals surface area contributed by atoms with Gasteiger partial charge in [0.2, 0.25) is 0 Å². The topological polar surface area (TPSA) is 58.0 Å². The Labute approximate surface area is 94.0 Å². The maximum atomic E-state index is 9.53. The molecule has 0 radical (unpaired) electrons. The highest BCUT2D eigenvalue weighted by Crippen LogP contribution is 2.20. The fraction of sp³-hybridized carbons (Fsp3) is 0.167. The number of benzene rings is 1. The Bertz CT molecular complexity index is 471. The van der Waals surface area contributed by atoms with E-state index in [1.807, 2.05) is 25.1 Å². The third kappa shape index (κ3) is 2.48. The molecule has 16 heavy (non-hydrogen) atoms. The number of aromatic nitrogens is 2. The normalized spacial score (nSPS) is 10.1. The Balaban J connectivity index is 2.03. The molecule has 1 aromatic heterocycles. The van der Waals surface area contributed by atoms with E-state index in [0.717, 1.165) is 16.9 Å². The second kappa shape index (κ2) is 4.61. The van der Waals surface area contributed by atoms with Gasteiger partial charge in [-0.3, -0.25) is 0 Å². The molecule has 0 aliphatic heterocycles. The van der Waals surface area contributed by atoms with Crippen LogP contribution in [0.1, 0.15) is 11.3 Å². The molecule has 0 bridgehead atoms. The number of nitrogens with one attached hydrogen (secondary N) is 1. The van der Waals surface area contributed by atoms with Crippen LogP contribution in [-0.4, -0.2) is 15.1 Å². The van der Waals surface area contributed by atoms with Crippen LogP contribution in [0.15, 0.2) is 36.8 Å². The molecule has 4 heteroatoms. The minimum atomic E-state index is 0.299. The third-order valence-corrected chi connectivity index (χ3v) is 2.33. The summed E-state index contributed by atoms with van der Waals surface area (Å²) in [4.78, 5) is 7.94. The predicted molar refractivity (Wildman–Crippen MR) is 62.2 cm³/mol. The molecule has 1 aromatic carbocycles. The molecular formula is C12H13N3O. The quantitative estimate of drug-likeness (QED) is 0.823. The van der Waals surface area contributed by atoms with Gasteiger partial charge in [0, 0.05) is 18.0 Å². The summed E-state index contributed by atoms with van der Waals surface area (Å²) in [6, 6.07) is 7.35. The van der Waals surface area contributed by atoms with E-state index in [-0.39, 0.29) is 0 Å². The van der Waals surface area contributed by atoms with E-state index in [9.17, 15) is 5.11 Å². The van der Waals surface area contributed by atoms with Gasteiger partial charge < -0.3 is 10.4 Å². The van der Waals surface area contributed by atoms with Gasteiger partial charge in [-0.05, 0) is 24.6 Å². The molecule has 82 valence electrons. The van der Waals surface area contributed by atoms with Crippen molar-refractivity contribution in [1.29, 1.82) is 0 Å². The lowest BCUT2D eigenvalue weighted by atomic mass is 10.2. The molecule has 0 spiro atoms. The van der Waals surface area contributed by atoms with Crippen LogP contribution >= 0.6 is 0 Å². The van der Waals surface area contributed by atoms with Crippen molar-refractivity contribution < 1.29 is 5.11 Å². The van der Waals surface area contributed by atoms with Crippen molar-refractivity contribution >= 4 is 5.69 Å². The molecule has 0 unspecified atom stereocenters. The summed E-state index contributed by atoms with van der Waals surface area (Å²) in [7, 11) is 0. The average Bonchev–Trinajstić information content (AvgIpc) is 2.32. The highest BCUT2D eigenvalue weighted by Gasteiger charge is 1.98. The number of anilines is 1. The zero-order valence-electron chi connectivity index (χ0n) is 9.01. The van der Waals surface area contributed by atoms with Crippen LogP contribution in [0.5, 0.6) is 5.75 Å². The highest BCUT2D eigenvalue weighted by molar-refractivity contribution is 5.50. The monoisotopic (exact) mass is 215 g/mol. The van der Waals surface area contributed by atoms with Crippen LogP contribution in [0.3, 0.4) is 0 Å². The molecular weight excluding hydrogens is 202 g/mol. The maximum absolute atomic E-state index is 9.53. The van der Waals surface area contributed by atoms with Crippen molar-refractivity contribution in [3.05, 3.63) is 48.0 Å². The van der Waals surface area contributed by atoms with Crippen molar-refractivity contribution in [2.24, 2.45) is 0 Å². The lowest BCUT2D eigenvalue weighted by molar-refractivity contribution is 0.471. The van der Waals surface area contributed by atoms with Crippen molar-refractivity contribution in [2.45, 2.75) is 13.5 Å². The van der Waals surface area contributed by atoms with Gasteiger partial charge >= 0.3 is 0 Å². The lowest BCUT2D eigenvalue weighted by Crippen LogP contribution is -2.01. The largest absolute Gasteiger partial charge is 0.508 e. The Morgan fingerprint density at radius 2 is 2.19 bits per heavy atom. The number of aromatic hydroxyl groups is 1. The first-order chi connectivity index (χ1) is 7.75. The number of hydrogen-bond acceptors (Lipinski definition) is 4. The van der Waals surface area contributed by atoms with Gasteiger partial charge in [-0.15, -0.1) is 0 Å². The van der Waals surface area contributed by atoms with Gasteiger partial charge in [-0.1, -0.05) is 6.07 Å². The number of rotatable bonds is 3. The molecule has 2 rings (SSSR count). The molecule has 0 fully saturated rings. The van der Waals surface area contributed by atoms with E-state index in [1.165, 1.54) is 6.33 Å². The zero-order valence-corrected chi connectivity index (χ0v) is 9.01. The molecule has 4 nitrogen and oxygen atoms in total. The smallest absolute Gasteiger partial charge is 0.120 e. The predicted octanol–water partition coefficient (Wildman–Crippen LogP) is 2.10. The van der Waals surface area contributed by atoms with Gasteiger partial charge in [0.05, 0.1) is 12.2 Å². The van der Waals surface area contributed by atoms with Gasteiger partial charge in [-0.2, -0.15) is 0 Å². The molecule has 2 N–H and O–H groups in total. The summed E-state index contributed by atoms with van der Waals surface area (Å²) in [5, 5.41) is 12.7.